The van der Waals surface area contributed by atoms with E-state index in [-0.39, 0.29) is 12.3 Å². The number of rotatable bonds is 6. The molecule has 0 saturated carbocycles. The molecule has 0 aliphatic rings. The minimum atomic E-state index is -0.808. The quantitative estimate of drug-likeness (QED) is 0.353. The van der Waals surface area contributed by atoms with Gasteiger partial charge in [-0.05, 0) is 41.1 Å². The Balaban J connectivity index is 1.41. The first kappa shape index (κ1) is 21.8. The number of hydrogen-bond donors (Lipinski definition) is 2. The number of ether oxygens (including phenoxy) is 1. The van der Waals surface area contributed by atoms with Gasteiger partial charge in [0, 0.05) is 42.8 Å². The van der Waals surface area contributed by atoms with Crippen LogP contribution >= 0.6 is 0 Å². The van der Waals surface area contributed by atoms with Crippen LogP contribution in [-0.4, -0.2) is 34.3 Å². The lowest BCUT2D eigenvalue weighted by atomic mass is 10.0. The molecule has 0 unspecified atom stereocenters. The van der Waals surface area contributed by atoms with Crippen molar-refractivity contribution in [3.05, 3.63) is 90.0 Å². The monoisotopic (exact) mass is 442 g/mol. The van der Waals surface area contributed by atoms with Crippen molar-refractivity contribution in [1.29, 1.82) is 0 Å². The molecular formula is C25H22N4O4. The Labute approximate surface area is 190 Å². The number of imidazole rings is 1. The average Bonchev–Trinajstić information content (AvgIpc) is 3.27. The zero-order valence-electron chi connectivity index (χ0n) is 18.2. The van der Waals surface area contributed by atoms with Crippen molar-refractivity contribution in [2.45, 2.75) is 6.54 Å². The van der Waals surface area contributed by atoms with Crippen molar-refractivity contribution in [3.8, 4) is 5.75 Å². The minimum Gasteiger partial charge on any atom is -0.496 e. The highest BCUT2D eigenvalue weighted by Gasteiger charge is 2.17. The predicted molar refractivity (Wildman–Crippen MR) is 124 cm³/mol. The van der Waals surface area contributed by atoms with E-state index in [1.165, 1.54) is 0 Å². The van der Waals surface area contributed by atoms with Gasteiger partial charge in [-0.3, -0.25) is 14.4 Å². The van der Waals surface area contributed by atoms with Crippen LogP contribution in [0.15, 0.2) is 73.1 Å². The normalized spacial score (nSPS) is 10.6. The molecule has 2 amide bonds. The Kier molecular flexibility index (Phi) is 6.17. The van der Waals surface area contributed by atoms with E-state index < -0.39 is 11.8 Å². The van der Waals surface area contributed by atoms with Gasteiger partial charge < -0.3 is 19.9 Å². The number of hydrogen-bond acceptors (Lipinski definition) is 5. The van der Waals surface area contributed by atoms with Crippen LogP contribution in [0.5, 0.6) is 5.75 Å². The van der Waals surface area contributed by atoms with Crippen molar-refractivity contribution < 1.29 is 19.1 Å². The zero-order chi connectivity index (χ0) is 23.4. The summed E-state index contributed by atoms with van der Waals surface area (Å²) in [5, 5.41) is 7.13. The van der Waals surface area contributed by atoms with E-state index in [4.69, 9.17) is 4.74 Å². The van der Waals surface area contributed by atoms with Gasteiger partial charge in [-0.2, -0.15) is 0 Å². The number of aromatic nitrogens is 2. The van der Waals surface area contributed by atoms with E-state index in [2.05, 4.69) is 15.6 Å². The molecule has 8 heteroatoms. The summed E-state index contributed by atoms with van der Waals surface area (Å²) in [6.07, 6.45) is 3.24. The van der Waals surface area contributed by atoms with Crippen molar-refractivity contribution in [1.82, 2.24) is 14.9 Å². The summed E-state index contributed by atoms with van der Waals surface area (Å²) in [6, 6.07) is 17.8. The number of benzene rings is 3. The molecule has 4 aromatic rings. The first-order chi connectivity index (χ1) is 16.0. The second kappa shape index (κ2) is 9.35. The Morgan fingerprint density at radius 1 is 0.970 bits per heavy atom. The number of ketones is 1. The van der Waals surface area contributed by atoms with Gasteiger partial charge in [0.05, 0.1) is 7.11 Å². The van der Waals surface area contributed by atoms with Crippen LogP contribution in [0.3, 0.4) is 0 Å². The third-order valence-electron chi connectivity index (χ3n) is 5.28. The molecule has 0 radical (unpaired) electrons. The minimum absolute atomic E-state index is 0.133. The maximum atomic E-state index is 12.5. The molecular weight excluding hydrogens is 420 g/mol. The summed E-state index contributed by atoms with van der Waals surface area (Å²) < 4.78 is 7.05. The van der Waals surface area contributed by atoms with E-state index in [0.29, 0.717) is 22.8 Å². The molecule has 3 aromatic carbocycles. The number of nitrogens with zero attached hydrogens (tertiary/aromatic N) is 2. The van der Waals surface area contributed by atoms with Crippen molar-refractivity contribution in [2.24, 2.45) is 7.05 Å². The summed E-state index contributed by atoms with van der Waals surface area (Å²) in [7, 11) is 3.30. The summed E-state index contributed by atoms with van der Waals surface area (Å²) in [5.74, 6) is -0.880. The van der Waals surface area contributed by atoms with Crippen LogP contribution in [0.1, 0.15) is 21.7 Å². The molecule has 166 valence electrons. The van der Waals surface area contributed by atoms with E-state index in [1.54, 1.807) is 55.4 Å². The van der Waals surface area contributed by atoms with Crippen LogP contribution in [0.2, 0.25) is 0 Å². The highest BCUT2D eigenvalue weighted by Crippen LogP contribution is 2.27. The smallest absolute Gasteiger partial charge is 0.313 e. The molecule has 0 aliphatic heterocycles. The number of nitrogens with one attached hydrogen (secondary N) is 2. The largest absolute Gasteiger partial charge is 0.496 e. The lowest BCUT2D eigenvalue weighted by Gasteiger charge is -2.13. The highest BCUT2D eigenvalue weighted by atomic mass is 16.5. The molecule has 2 N–H and O–H groups in total. The fraction of sp³-hybridized carbons (Fsp3) is 0.120. The second-order valence-corrected chi connectivity index (χ2v) is 7.37. The highest BCUT2D eigenvalue weighted by molar-refractivity contribution is 6.39. The number of carbonyl (C=O) groups excluding carboxylic acids is 3. The third-order valence-corrected chi connectivity index (χ3v) is 5.28. The molecule has 0 saturated heterocycles. The van der Waals surface area contributed by atoms with Crippen LogP contribution in [-0.2, 0) is 23.2 Å². The second-order valence-electron chi connectivity index (χ2n) is 7.37. The van der Waals surface area contributed by atoms with Crippen LogP contribution in [0.25, 0.3) is 10.8 Å². The van der Waals surface area contributed by atoms with Gasteiger partial charge in [-0.15, -0.1) is 0 Å². The fourth-order valence-corrected chi connectivity index (χ4v) is 3.54. The topological polar surface area (TPSA) is 102 Å². The summed E-state index contributed by atoms with van der Waals surface area (Å²) in [6.45, 7) is 0.133. The van der Waals surface area contributed by atoms with Gasteiger partial charge in [0.1, 0.15) is 5.75 Å². The Bertz CT molecular complexity index is 1340. The maximum absolute atomic E-state index is 12.5. The van der Waals surface area contributed by atoms with Crippen LogP contribution in [0, 0.1) is 0 Å². The summed E-state index contributed by atoms with van der Waals surface area (Å²) in [5.41, 5.74) is 1.61. The van der Waals surface area contributed by atoms with Crippen molar-refractivity contribution in [2.75, 3.05) is 12.4 Å². The van der Waals surface area contributed by atoms with Crippen molar-refractivity contribution in [3.63, 3.8) is 0 Å². The van der Waals surface area contributed by atoms with Crippen LogP contribution in [0.4, 0.5) is 5.69 Å². The van der Waals surface area contributed by atoms with Gasteiger partial charge in [0.2, 0.25) is 5.78 Å². The third kappa shape index (κ3) is 4.59. The SMILES string of the molecule is COc1ccc2ccccc2c1CNC(=O)C(=O)Nc1ccc(C(=O)c2nccn2C)cc1. The van der Waals surface area contributed by atoms with Crippen LogP contribution < -0.4 is 15.4 Å². The van der Waals surface area contributed by atoms with Gasteiger partial charge in [-0.25, -0.2) is 4.98 Å². The van der Waals surface area contributed by atoms with E-state index >= 15 is 0 Å². The number of carbonyl (C=O) groups is 3. The van der Waals surface area contributed by atoms with E-state index in [9.17, 15) is 14.4 Å². The van der Waals surface area contributed by atoms with Gasteiger partial charge in [0.15, 0.2) is 5.82 Å². The molecule has 4 rings (SSSR count). The summed E-state index contributed by atoms with van der Waals surface area (Å²) in [4.78, 5) is 41.3. The first-order valence-electron chi connectivity index (χ1n) is 10.2. The lowest BCUT2D eigenvalue weighted by Crippen LogP contribution is -2.35. The van der Waals surface area contributed by atoms with Gasteiger partial charge >= 0.3 is 11.8 Å². The molecule has 8 nitrogen and oxygen atoms in total. The number of anilines is 1. The van der Waals surface area contributed by atoms with E-state index in [1.807, 2.05) is 36.4 Å². The number of amides is 2. The summed E-state index contributed by atoms with van der Waals surface area (Å²) >= 11 is 0. The van der Waals surface area contributed by atoms with Gasteiger partial charge in [0.25, 0.3) is 0 Å². The molecule has 0 bridgehead atoms. The lowest BCUT2D eigenvalue weighted by molar-refractivity contribution is -0.136. The Morgan fingerprint density at radius 2 is 1.73 bits per heavy atom. The predicted octanol–water partition coefficient (Wildman–Crippen LogP) is 3.07. The molecule has 1 heterocycles. The zero-order valence-corrected chi connectivity index (χ0v) is 18.2. The number of fused-ring (bicyclic) bond motifs is 1. The Morgan fingerprint density at radius 3 is 2.42 bits per heavy atom. The fourth-order valence-electron chi connectivity index (χ4n) is 3.54. The molecule has 0 aliphatic carbocycles. The molecule has 1 aromatic heterocycles. The molecule has 0 atom stereocenters. The van der Waals surface area contributed by atoms with Gasteiger partial charge in [-0.1, -0.05) is 30.3 Å². The average molecular weight is 442 g/mol. The first-order valence-corrected chi connectivity index (χ1v) is 10.2. The van der Waals surface area contributed by atoms with E-state index in [0.717, 1.165) is 16.3 Å². The Hall–Kier alpha value is -4.46. The number of methoxy groups -OCH3 is 1. The maximum Gasteiger partial charge on any atom is 0.313 e. The molecule has 33 heavy (non-hydrogen) atoms. The van der Waals surface area contributed by atoms with Crippen molar-refractivity contribution >= 4 is 34.1 Å². The number of aryl methyl sites for hydroxylation is 1. The molecule has 0 spiro atoms. The molecule has 0 fully saturated rings. The standard InChI is InChI=1S/C25H22N4O4/c1-29-14-13-26-23(29)22(30)17-7-10-18(11-8-17)28-25(32)24(31)27-15-20-19-6-4-3-5-16(19)9-12-21(20)33-2/h3-14H,15H2,1-2H3,(H,27,31)(H,28,32).